The number of amides is 1. The van der Waals surface area contributed by atoms with Gasteiger partial charge in [0.2, 0.25) is 5.91 Å². The van der Waals surface area contributed by atoms with E-state index in [0.717, 1.165) is 31.4 Å². The zero-order chi connectivity index (χ0) is 12.8. The van der Waals surface area contributed by atoms with E-state index in [-0.39, 0.29) is 11.7 Å². The van der Waals surface area contributed by atoms with Crippen molar-refractivity contribution in [2.75, 3.05) is 10.6 Å². The summed E-state index contributed by atoms with van der Waals surface area (Å²) in [6.07, 6.45) is 3.79. The Bertz CT molecular complexity index is 493. The number of fused-ring (bicyclic) bond motifs is 1. The molecule has 2 aliphatic rings. The van der Waals surface area contributed by atoms with E-state index in [9.17, 15) is 9.18 Å². The molecule has 2 N–H and O–H groups in total. The van der Waals surface area contributed by atoms with Gasteiger partial charge in [0.1, 0.15) is 11.4 Å². The van der Waals surface area contributed by atoms with Gasteiger partial charge in [0.25, 0.3) is 0 Å². The zero-order valence-corrected chi connectivity index (χ0v) is 10.4. The SMILES string of the molecule is CC1CCC2(CC1)Nc1ccc(F)cc1NC2=O. The second kappa shape index (κ2) is 3.97. The molecule has 0 atom stereocenters. The first kappa shape index (κ1) is 11.5. The molecule has 1 heterocycles. The van der Waals surface area contributed by atoms with Gasteiger partial charge in [-0.15, -0.1) is 0 Å². The normalized spacial score (nSPS) is 30.6. The summed E-state index contributed by atoms with van der Waals surface area (Å²) in [6, 6.07) is 4.48. The molecule has 3 rings (SSSR count). The van der Waals surface area contributed by atoms with E-state index in [1.807, 2.05) is 0 Å². The Kier molecular flexibility index (Phi) is 2.54. The van der Waals surface area contributed by atoms with Crippen LogP contribution in [-0.4, -0.2) is 11.4 Å². The number of halogens is 1. The highest BCUT2D eigenvalue weighted by Crippen LogP contribution is 2.40. The molecule has 0 bridgehead atoms. The van der Waals surface area contributed by atoms with E-state index in [2.05, 4.69) is 17.6 Å². The van der Waals surface area contributed by atoms with Gasteiger partial charge in [0, 0.05) is 0 Å². The monoisotopic (exact) mass is 248 g/mol. The van der Waals surface area contributed by atoms with Gasteiger partial charge in [-0.1, -0.05) is 6.92 Å². The summed E-state index contributed by atoms with van der Waals surface area (Å²) in [5.41, 5.74) is 0.881. The number of carbonyl (C=O) groups excluding carboxylic acids is 1. The van der Waals surface area contributed by atoms with E-state index in [0.29, 0.717) is 11.6 Å². The van der Waals surface area contributed by atoms with Crippen molar-refractivity contribution in [3.8, 4) is 0 Å². The van der Waals surface area contributed by atoms with Crippen molar-refractivity contribution in [1.82, 2.24) is 0 Å². The minimum atomic E-state index is -0.489. The van der Waals surface area contributed by atoms with Crippen LogP contribution in [0.5, 0.6) is 0 Å². The van der Waals surface area contributed by atoms with Gasteiger partial charge < -0.3 is 10.6 Å². The summed E-state index contributed by atoms with van der Waals surface area (Å²) in [4.78, 5) is 12.3. The molecule has 1 aromatic carbocycles. The summed E-state index contributed by atoms with van der Waals surface area (Å²) in [5, 5.41) is 6.17. The van der Waals surface area contributed by atoms with Crippen molar-refractivity contribution in [2.24, 2.45) is 5.92 Å². The maximum atomic E-state index is 13.1. The number of anilines is 2. The van der Waals surface area contributed by atoms with Crippen LogP contribution in [0.1, 0.15) is 32.6 Å². The lowest BCUT2D eigenvalue weighted by molar-refractivity contribution is -0.121. The maximum Gasteiger partial charge on any atom is 0.250 e. The predicted molar refractivity (Wildman–Crippen MR) is 69.0 cm³/mol. The van der Waals surface area contributed by atoms with E-state index < -0.39 is 5.54 Å². The molecular weight excluding hydrogens is 231 g/mol. The summed E-state index contributed by atoms with van der Waals surface area (Å²) >= 11 is 0. The molecule has 18 heavy (non-hydrogen) atoms. The van der Waals surface area contributed by atoms with Crippen molar-refractivity contribution in [3.63, 3.8) is 0 Å². The predicted octanol–water partition coefficient (Wildman–Crippen LogP) is 3.14. The first-order valence-electron chi connectivity index (χ1n) is 6.48. The standard InChI is InChI=1S/C14H17FN2O/c1-9-4-6-14(7-5-9)13(18)16-12-8-10(15)2-3-11(12)17-14/h2-3,8-9,17H,4-7H2,1H3,(H,16,18). The van der Waals surface area contributed by atoms with Crippen LogP contribution < -0.4 is 10.6 Å². The Morgan fingerprint density at radius 2 is 2.00 bits per heavy atom. The maximum absolute atomic E-state index is 13.1. The van der Waals surface area contributed by atoms with E-state index in [1.54, 1.807) is 6.07 Å². The molecule has 96 valence electrons. The van der Waals surface area contributed by atoms with Crippen molar-refractivity contribution < 1.29 is 9.18 Å². The highest BCUT2D eigenvalue weighted by molar-refractivity contribution is 6.06. The first-order chi connectivity index (χ1) is 8.59. The topological polar surface area (TPSA) is 41.1 Å². The molecule has 3 nitrogen and oxygen atoms in total. The van der Waals surface area contributed by atoms with Gasteiger partial charge in [0.15, 0.2) is 0 Å². The second-order valence-corrected chi connectivity index (χ2v) is 5.53. The van der Waals surface area contributed by atoms with E-state index >= 15 is 0 Å². The number of benzene rings is 1. The number of carbonyl (C=O) groups is 1. The Morgan fingerprint density at radius 3 is 2.72 bits per heavy atom. The Hall–Kier alpha value is -1.58. The largest absolute Gasteiger partial charge is 0.370 e. The van der Waals surface area contributed by atoms with Crippen molar-refractivity contribution in [3.05, 3.63) is 24.0 Å². The lowest BCUT2D eigenvalue weighted by Gasteiger charge is -2.42. The van der Waals surface area contributed by atoms with Crippen LogP contribution in [0.15, 0.2) is 18.2 Å². The molecule has 0 saturated heterocycles. The van der Waals surface area contributed by atoms with Crippen molar-refractivity contribution >= 4 is 17.3 Å². The summed E-state index contributed by atoms with van der Waals surface area (Å²) in [5.74, 6) is 0.330. The average Bonchev–Trinajstić information content (AvgIpc) is 2.35. The molecule has 0 aromatic heterocycles. The number of hydrogen-bond donors (Lipinski definition) is 2. The fourth-order valence-electron chi connectivity index (χ4n) is 2.89. The minimum Gasteiger partial charge on any atom is -0.370 e. The van der Waals surface area contributed by atoms with Gasteiger partial charge in [-0.3, -0.25) is 4.79 Å². The summed E-state index contributed by atoms with van der Waals surface area (Å²) < 4.78 is 13.1. The van der Waals surface area contributed by atoms with Gasteiger partial charge >= 0.3 is 0 Å². The molecule has 1 fully saturated rings. The number of rotatable bonds is 0. The second-order valence-electron chi connectivity index (χ2n) is 5.53. The van der Waals surface area contributed by atoms with E-state index in [4.69, 9.17) is 0 Å². The van der Waals surface area contributed by atoms with Gasteiger partial charge in [-0.2, -0.15) is 0 Å². The van der Waals surface area contributed by atoms with Crippen LogP contribution in [0.3, 0.4) is 0 Å². The van der Waals surface area contributed by atoms with Crippen LogP contribution >= 0.6 is 0 Å². The fourth-order valence-corrected chi connectivity index (χ4v) is 2.89. The number of hydrogen-bond acceptors (Lipinski definition) is 2. The molecule has 1 aromatic rings. The quantitative estimate of drug-likeness (QED) is 0.740. The third-order valence-corrected chi connectivity index (χ3v) is 4.17. The lowest BCUT2D eigenvalue weighted by atomic mass is 9.75. The van der Waals surface area contributed by atoms with Gasteiger partial charge in [-0.25, -0.2) is 4.39 Å². The molecule has 1 saturated carbocycles. The lowest BCUT2D eigenvalue weighted by Crippen LogP contribution is -2.54. The highest BCUT2D eigenvalue weighted by atomic mass is 19.1. The molecule has 1 amide bonds. The molecular formula is C14H17FN2O. The van der Waals surface area contributed by atoms with Gasteiger partial charge in [0.05, 0.1) is 11.4 Å². The molecule has 1 aliphatic carbocycles. The molecule has 1 spiro atoms. The third kappa shape index (κ3) is 1.76. The molecule has 0 unspecified atom stereocenters. The van der Waals surface area contributed by atoms with Crippen molar-refractivity contribution in [1.29, 1.82) is 0 Å². The minimum absolute atomic E-state index is 0.0208. The fraction of sp³-hybridized carbons (Fsp3) is 0.500. The smallest absolute Gasteiger partial charge is 0.250 e. The van der Waals surface area contributed by atoms with Crippen LogP contribution in [-0.2, 0) is 4.79 Å². The number of nitrogens with one attached hydrogen (secondary N) is 2. The summed E-state index contributed by atoms with van der Waals surface area (Å²) in [7, 11) is 0. The van der Waals surface area contributed by atoms with Crippen LogP contribution in [0.25, 0.3) is 0 Å². The van der Waals surface area contributed by atoms with E-state index in [1.165, 1.54) is 12.1 Å². The van der Waals surface area contributed by atoms with Crippen LogP contribution in [0.4, 0.5) is 15.8 Å². The van der Waals surface area contributed by atoms with Crippen LogP contribution in [0, 0.1) is 11.7 Å². The molecule has 0 radical (unpaired) electrons. The molecule has 4 heteroatoms. The van der Waals surface area contributed by atoms with Gasteiger partial charge in [-0.05, 0) is 49.8 Å². The Balaban J connectivity index is 1.92. The third-order valence-electron chi connectivity index (χ3n) is 4.17. The summed E-state index contributed by atoms with van der Waals surface area (Å²) in [6.45, 7) is 2.22. The highest BCUT2D eigenvalue weighted by Gasteiger charge is 2.43. The molecule has 1 aliphatic heterocycles. The Morgan fingerprint density at radius 1 is 1.28 bits per heavy atom. The zero-order valence-electron chi connectivity index (χ0n) is 10.4. The van der Waals surface area contributed by atoms with Crippen molar-refractivity contribution in [2.45, 2.75) is 38.1 Å². The first-order valence-corrected chi connectivity index (χ1v) is 6.48. The Labute approximate surface area is 106 Å². The average molecular weight is 248 g/mol. The van der Waals surface area contributed by atoms with Crippen LogP contribution in [0.2, 0.25) is 0 Å².